The van der Waals surface area contributed by atoms with Gasteiger partial charge in [-0.15, -0.1) is 0 Å². The summed E-state index contributed by atoms with van der Waals surface area (Å²) in [7, 11) is 10.1. The van der Waals surface area contributed by atoms with E-state index in [9.17, 15) is 51.9 Å². The average Bonchev–Trinajstić information content (AvgIpc) is 0.812. The molecule has 1 aliphatic heterocycles. The molecule has 6 N–H and O–H groups in total. The molecule has 0 bridgehead atoms. The number of hydrogen-bond donors (Lipinski definition) is 4. The maximum atomic E-state index is 13.2. The summed E-state index contributed by atoms with van der Waals surface area (Å²) in [6.07, 6.45) is 39.3. The van der Waals surface area contributed by atoms with Gasteiger partial charge in [0.05, 0.1) is 12.5 Å². The predicted molar refractivity (Wildman–Crippen MR) is 485 cm³/mol. The van der Waals surface area contributed by atoms with Crippen LogP contribution in [0.4, 0.5) is 8.78 Å². The first kappa shape index (κ1) is 107. The number of Topliss-reactive ketones (excluding diaryl/α,β-unsaturated/α-hetero) is 1. The third-order valence-corrected chi connectivity index (χ3v) is 22.0. The fraction of sp³-hybridized carbons (Fsp3) is 0.451. The van der Waals surface area contributed by atoms with Crippen molar-refractivity contribution < 1.29 is 51.9 Å². The van der Waals surface area contributed by atoms with Crippen molar-refractivity contribution in [3.8, 4) is 0 Å². The zero-order valence-electron chi connectivity index (χ0n) is 70.9. The van der Waals surface area contributed by atoms with E-state index >= 15 is 0 Å². The third-order valence-electron chi connectivity index (χ3n) is 18.3. The van der Waals surface area contributed by atoms with Crippen molar-refractivity contribution in [1.82, 2.24) is 106 Å². The van der Waals surface area contributed by atoms with Crippen molar-refractivity contribution in [2.24, 2.45) is 11.7 Å². The first-order valence-corrected chi connectivity index (χ1v) is 47.0. The van der Waals surface area contributed by atoms with Crippen molar-refractivity contribution >= 4 is 145 Å². The molecule has 0 radical (unpaired) electrons. The lowest BCUT2D eigenvalue weighted by Gasteiger charge is -2.40. The van der Waals surface area contributed by atoms with Gasteiger partial charge in [-0.2, -0.15) is 0 Å². The molecule has 0 spiro atoms. The topological polar surface area (TPSA) is 407 Å². The largest absolute Gasteiger partial charge is 0.305 e. The Kier molecular flexibility index (Phi) is 51.2. The van der Waals surface area contributed by atoms with Crippen molar-refractivity contribution in [3.05, 3.63) is 179 Å². The Morgan fingerprint density at radius 2 is 0.702 bits per heavy atom. The number of piperidine rings is 1. The van der Waals surface area contributed by atoms with Gasteiger partial charge in [-0.1, -0.05) is 160 Å². The molecule has 0 unspecified atom stereocenters. The highest BCUT2D eigenvalue weighted by Gasteiger charge is 2.33. The second-order valence-corrected chi connectivity index (χ2v) is 32.9. The van der Waals surface area contributed by atoms with E-state index in [1.807, 2.05) is 44.6 Å². The maximum Gasteiger partial charge on any atom is 0.290 e. The van der Waals surface area contributed by atoms with E-state index in [2.05, 4.69) is 75.6 Å². The van der Waals surface area contributed by atoms with Gasteiger partial charge in [-0.25, -0.2) is 101 Å². The Morgan fingerprint density at radius 3 is 0.992 bits per heavy atom. The number of nitrogens with one attached hydrogen (secondary N) is 2. The molecule has 672 valence electrons. The number of rotatable bonds is 21. The van der Waals surface area contributed by atoms with Crippen molar-refractivity contribution in [2.75, 3.05) is 92.9 Å². The van der Waals surface area contributed by atoms with Crippen molar-refractivity contribution in [1.29, 1.82) is 0 Å². The van der Waals surface area contributed by atoms with Crippen LogP contribution >= 0.6 is 93.8 Å². The minimum absolute atomic E-state index is 0. The lowest BCUT2D eigenvalue weighted by atomic mass is 9.94. The minimum atomic E-state index is -0.553. The van der Waals surface area contributed by atoms with Gasteiger partial charge < -0.3 is 4.90 Å². The number of nitrogens with two attached hydrogens (primary N) is 2. The number of halogens is 4. The van der Waals surface area contributed by atoms with Gasteiger partial charge >= 0.3 is 0 Å². The molecule has 7 heterocycles. The Hall–Kier alpha value is -8.91. The first-order valence-electron chi connectivity index (χ1n) is 38.9. The molecule has 0 atom stereocenters. The lowest BCUT2D eigenvalue weighted by molar-refractivity contribution is -0.148. The van der Waals surface area contributed by atoms with E-state index < -0.39 is 10.5 Å². The number of aromatic nitrogens is 12. The Bertz CT molecular complexity index is 4500. The molecule has 42 heteroatoms. The summed E-state index contributed by atoms with van der Waals surface area (Å²) >= 11 is 18.7. The molecule has 4 fully saturated rings. The molecule has 6 amide bonds. The molecular formula is C82H111Cl2F2N23O9S6. The van der Waals surface area contributed by atoms with E-state index in [1.54, 1.807) is 85.1 Å². The highest BCUT2D eigenvalue weighted by atomic mass is 35.5. The second kappa shape index (κ2) is 59.1. The quantitative estimate of drug-likeness (QED) is 0.0130. The number of carbonyl (C=O) groups is 9. The zero-order chi connectivity index (χ0) is 90.3. The number of benzene rings is 2. The van der Waals surface area contributed by atoms with Crippen molar-refractivity contribution in [3.63, 3.8) is 0 Å². The molecular weight excluding hydrogens is 1750 g/mol. The van der Waals surface area contributed by atoms with E-state index in [-0.39, 0.29) is 84.8 Å². The fourth-order valence-corrected chi connectivity index (χ4v) is 14.3. The van der Waals surface area contributed by atoms with Crippen LogP contribution in [0.5, 0.6) is 0 Å². The Balaban J connectivity index is 0.000000306. The van der Waals surface area contributed by atoms with Crippen LogP contribution in [-0.2, 0) is 27.2 Å². The first-order chi connectivity index (χ1) is 58.9. The number of ketones is 1. The monoisotopic (exact) mass is 1860 g/mol. The van der Waals surface area contributed by atoms with Gasteiger partial charge in [-0.3, -0.25) is 63.2 Å². The highest BCUT2D eigenvalue weighted by molar-refractivity contribution is 7.99. The molecule has 3 aliphatic carbocycles. The normalized spacial score (nSPS) is 13.7. The summed E-state index contributed by atoms with van der Waals surface area (Å²) in [5.41, 5.74) is 9.97. The molecule has 6 aromatic heterocycles. The van der Waals surface area contributed by atoms with Crippen LogP contribution in [-0.4, -0.2) is 258 Å². The molecule has 8 aromatic rings. The number of hydrazine groups is 5. The molecule has 32 nitrogen and oxygen atoms in total. The van der Waals surface area contributed by atoms with Crippen LogP contribution in [0.2, 0.25) is 0 Å². The third kappa shape index (κ3) is 39.7. The number of thioether (sulfide) groups is 6. The van der Waals surface area contributed by atoms with Gasteiger partial charge in [0.2, 0.25) is 11.1 Å². The Morgan fingerprint density at radius 1 is 0.419 bits per heavy atom. The smallest absolute Gasteiger partial charge is 0.290 e. The lowest BCUT2D eigenvalue weighted by Crippen LogP contribution is -2.54. The summed E-state index contributed by atoms with van der Waals surface area (Å²) in [6.45, 7) is 1.91. The summed E-state index contributed by atoms with van der Waals surface area (Å²) in [4.78, 5) is 156. The minimum Gasteiger partial charge on any atom is -0.305 e. The van der Waals surface area contributed by atoms with Crippen LogP contribution in [0.15, 0.2) is 153 Å². The number of likely N-dealkylation sites (tertiary alicyclic amines) is 1. The summed E-state index contributed by atoms with van der Waals surface area (Å²) < 4.78 is 25.5. The van der Waals surface area contributed by atoms with Crippen LogP contribution < -0.4 is 22.5 Å². The Labute approximate surface area is 759 Å². The second-order valence-electron chi connectivity index (χ2n) is 27.5. The van der Waals surface area contributed by atoms with E-state index in [0.29, 0.717) is 77.1 Å². The maximum absolute atomic E-state index is 13.2. The summed E-state index contributed by atoms with van der Waals surface area (Å²) in [5.74, 6) is 8.93. The van der Waals surface area contributed by atoms with Gasteiger partial charge in [0.1, 0.15) is 51.6 Å². The fourth-order valence-electron chi connectivity index (χ4n) is 11.9. The average molecular weight is 1860 g/mol. The number of carbonyl (C=O) groups excluding carboxylic acids is 9. The standard InChI is InChI=1S/C21H25FN4O2S.2C13H20N4OS.C8H6ClFO.2C7H10N4OS.C6H5ClN2OS.C6H11NO.CH4/c1-25(20(28)18-12-13-23-21(24-18)29-2)26(17-6-4-3-5-7-17)19(27)14-15-8-10-16(22)11-9-15;2*1-17(16-10-6-4-3-5-7-10)12(18)11-8-9-14-13(15-11)19-2;9-8(11)5-6-1-3-7(10)4-2-6;2*1-11(8)6(12)5-3-4-9-7(10-5)13-2;1-11-6-8-3-2-4(9-6)5(7)10;1-7-4-2-6(8)3-5-7;/h8-13,17H,3-7,14H2,1-2H3;2*8-10,16H,3-7H2,1-2H3;1-4H,5H2;2*3-4H,8H2,1-2H3;2-3H,1H3;2-5H2,1H3;1H4. The summed E-state index contributed by atoms with van der Waals surface area (Å²) in [6, 6.07) is 21.8. The number of hydrogen-bond acceptors (Lipinski definition) is 32. The SMILES string of the molecule is C.CN1CCC(=O)CC1.CSc1nccc(C(=O)Cl)n1.CSc1nccc(C(=O)N(C)N(C(=O)Cc2ccc(F)cc2)C2CCCCC2)n1.CSc1nccc(C(=O)N(C)N)n1.CSc1nccc(C(=O)N(C)N)n1.CSc1nccc(C(=O)N(C)NC2CCCCC2)n1.CSc1nccc(C(=O)N(C)NC2CCCCC2)n1.O=C(Cl)Cc1ccc(F)cc1. The van der Waals surface area contributed by atoms with Gasteiger partial charge in [0.15, 0.2) is 30.9 Å². The van der Waals surface area contributed by atoms with E-state index in [0.717, 1.165) is 99.3 Å². The molecule has 124 heavy (non-hydrogen) atoms. The van der Waals surface area contributed by atoms with E-state index in [4.69, 9.17) is 34.9 Å². The van der Waals surface area contributed by atoms with E-state index in [1.165, 1.54) is 201 Å². The van der Waals surface area contributed by atoms with Crippen LogP contribution in [0.25, 0.3) is 0 Å². The molecule has 1 saturated heterocycles. The molecule has 4 aliphatic rings. The van der Waals surface area contributed by atoms with Crippen LogP contribution in [0, 0.1) is 11.6 Å². The van der Waals surface area contributed by atoms with Crippen LogP contribution in [0.3, 0.4) is 0 Å². The van der Waals surface area contributed by atoms with Gasteiger partial charge in [0.25, 0.3) is 34.8 Å². The molecule has 12 rings (SSSR count). The number of amides is 6. The van der Waals surface area contributed by atoms with Gasteiger partial charge in [0, 0.05) is 117 Å². The van der Waals surface area contributed by atoms with Crippen molar-refractivity contribution in [2.45, 2.75) is 178 Å². The highest BCUT2D eigenvalue weighted by Crippen LogP contribution is 2.27. The molecule has 3 saturated carbocycles. The summed E-state index contributed by atoms with van der Waals surface area (Å²) in [5, 5.41) is 10.5. The predicted octanol–water partition coefficient (Wildman–Crippen LogP) is 12.9. The molecule has 2 aromatic carbocycles. The zero-order valence-corrected chi connectivity index (χ0v) is 77.3. The number of nitrogens with zero attached hydrogens (tertiary/aromatic N) is 19. The van der Waals surface area contributed by atoms with Crippen LogP contribution in [0.1, 0.15) is 191 Å². The van der Waals surface area contributed by atoms with Gasteiger partial charge in [-0.05, 0) is 178 Å².